The van der Waals surface area contributed by atoms with Gasteiger partial charge in [-0.3, -0.25) is 14.3 Å². The van der Waals surface area contributed by atoms with E-state index in [1.165, 1.54) is 0 Å². The molecule has 0 radical (unpaired) electrons. The number of benzene rings is 2. The topological polar surface area (TPSA) is 67.2 Å². The van der Waals surface area contributed by atoms with E-state index in [4.69, 9.17) is 0 Å². The number of aromatic nitrogens is 2. The van der Waals surface area contributed by atoms with E-state index in [9.17, 15) is 9.59 Å². The second-order valence-electron chi connectivity index (χ2n) is 6.76. The van der Waals surface area contributed by atoms with Crippen molar-refractivity contribution < 1.29 is 9.59 Å². The number of hydrogen-bond donors (Lipinski definition) is 1. The Morgan fingerprint density at radius 3 is 2.67 bits per heavy atom. The molecule has 1 N–H and O–H groups in total. The Balaban J connectivity index is 1.85. The third-order valence-corrected chi connectivity index (χ3v) is 4.93. The van der Waals surface area contributed by atoms with Gasteiger partial charge in [-0.15, -0.1) is 0 Å². The molecule has 0 saturated heterocycles. The first kappa shape index (κ1) is 18.6. The third-order valence-electron chi connectivity index (χ3n) is 4.93. The Labute approximate surface area is 158 Å². The molecule has 140 valence electrons. The second kappa shape index (κ2) is 7.61. The van der Waals surface area contributed by atoms with Crippen LogP contribution in [0.15, 0.2) is 48.7 Å². The average molecular weight is 364 g/mol. The van der Waals surface area contributed by atoms with Crippen LogP contribution < -0.4 is 5.32 Å². The van der Waals surface area contributed by atoms with E-state index in [-0.39, 0.29) is 24.3 Å². The van der Waals surface area contributed by atoms with Gasteiger partial charge < -0.3 is 10.2 Å². The number of carbonyl (C=O) groups is 2. The third kappa shape index (κ3) is 3.84. The molecular formula is C21H24N4O2. The molecule has 27 heavy (non-hydrogen) atoms. The van der Waals surface area contributed by atoms with Gasteiger partial charge in [0.1, 0.15) is 0 Å². The highest BCUT2D eigenvalue weighted by atomic mass is 16.2. The lowest BCUT2D eigenvalue weighted by Crippen LogP contribution is -2.38. The van der Waals surface area contributed by atoms with E-state index in [0.717, 1.165) is 22.0 Å². The fourth-order valence-corrected chi connectivity index (χ4v) is 3.09. The minimum Gasteiger partial charge on any atom is -0.359 e. The van der Waals surface area contributed by atoms with Gasteiger partial charge in [0, 0.05) is 44.6 Å². The maximum atomic E-state index is 12.8. The van der Waals surface area contributed by atoms with Crippen LogP contribution in [0.5, 0.6) is 0 Å². The van der Waals surface area contributed by atoms with Gasteiger partial charge in [-0.1, -0.05) is 18.2 Å². The summed E-state index contributed by atoms with van der Waals surface area (Å²) in [5.74, 6) is -0.184. The van der Waals surface area contributed by atoms with Crippen molar-refractivity contribution in [2.45, 2.75) is 19.4 Å². The van der Waals surface area contributed by atoms with Gasteiger partial charge in [0.15, 0.2) is 0 Å². The summed E-state index contributed by atoms with van der Waals surface area (Å²) in [6.07, 6.45) is 2.11. The van der Waals surface area contributed by atoms with Crippen molar-refractivity contribution in [1.29, 1.82) is 0 Å². The fraction of sp³-hybridized carbons (Fsp3) is 0.286. The molecule has 3 aromatic rings. The van der Waals surface area contributed by atoms with Crippen LogP contribution in [-0.2, 0) is 11.8 Å². The van der Waals surface area contributed by atoms with Gasteiger partial charge in [-0.25, -0.2) is 0 Å². The summed E-state index contributed by atoms with van der Waals surface area (Å²) >= 11 is 0. The quantitative estimate of drug-likeness (QED) is 0.757. The number of nitrogens with zero attached hydrogens (tertiary/aromatic N) is 3. The normalized spacial score (nSPS) is 12.0. The van der Waals surface area contributed by atoms with Crippen molar-refractivity contribution in [3.63, 3.8) is 0 Å². The predicted molar refractivity (Wildman–Crippen MR) is 106 cm³/mol. The summed E-state index contributed by atoms with van der Waals surface area (Å²) in [6.45, 7) is 1.87. The van der Waals surface area contributed by atoms with E-state index in [0.29, 0.717) is 5.56 Å². The molecule has 1 atom stereocenters. The summed E-state index contributed by atoms with van der Waals surface area (Å²) in [7, 11) is 5.24. The predicted octanol–water partition coefficient (Wildman–Crippen LogP) is 2.84. The van der Waals surface area contributed by atoms with Crippen LogP contribution in [0.2, 0.25) is 0 Å². The molecule has 0 spiro atoms. The van der Waals surface area contributed by atoms with Gasteiger partial charge in [-0.05, 0) is 42.3 Å². The summed E-state index contributed by atoms with van der Waals surface area (Å²) in [5.41, 5.74) is 3.67. The fourth-order valence-electron chi connectivity index (χ4n) is 3.09. The SMILES string of the molecule is CNC(=O)C[C@@H](C)N(C)C(=O)c1cccc(-c2ccc3c(cnn3C)c2)c1. The molecule has 6 nitrogen and oxygen atoms in total. The largest absolute Gasteiger partial charge is 0.359 e. The molecule has 0 aliphatic carbocycles. The maximum Gasteiger partial charge on any atom is 0.253 e. The van der Waals surface area contributed by atoms with Crippen molar-refractivity contribution in [3.8, 4) is 11.1 Å². The lowest BCUT2D eigenvalue weighted by molar-refractivity contribution is -0.121. The molecule has 0 fully saturated rings. The van der Waals surface area contributed by atoms with E-state index in [1.807, 2.05) is 55.2 Å². The highest BCUT2D eigenvalue weighted by Crippen LogP contribution is 2.25. The number of amides is 2. The van der Waals surface area contributed by atoms with Crippen molar-refractivity contribution in [1.82, 2.24) is 20.0 Å². The number of carbonyl (C=O) groups excluding carboxylic acids is 2. The molecule has 2 amide bonds. The molecule has 0 bridgehead atoms. The first-order chi connectivity index (χ1) is 12.9. The molecule has 2 aromatic carbocycles. The highest BCUT2D eigenvalue weighted by Gasteiger charge is 2.20. The van der Waals surface area contributed by atoms with Crippen molar-refractivity contribution in [2.75, 3.05) is 14.1 Å². The Hall–Kier alpha value is -3.15. The molecule has 1 heterocycles. The molecule has 6 heteroatoms. The first-order valence-electron chi connectivity index (χ1n) is 8.90. The zero-order valence-corrected chi connectivity index (χ0v) is 16.1. The van der Waals surface area contributed by atoms with Crippen LogP contribution >= 0.6 is 0 Å². The van der Waals surface area contributed by atoms with Crippen LogP contribution in [0.1, 0.15) is 23.7 Å². The second-order valence-corrected chi connectivity index (χ2v) is 6.76. The Morgan fingerprint density at radius 2 is 1.93 bits per heavy atom. The smallest absolute Gasteiger partial charge is 0.253 e. The highest BCUT2D eigenvalue weighted by molar-refractivity contribution is 5.96. The Morgan fingerprint density at radius 1 is 1.19 bits per heavy atom. The summed E-state index contributed by atoms with van der Waals surface area (Å²) in [6, 6.07) is 13.5. The minimum absolute atomic E-state index is 0.0827. The van der Waals surface area contributed by atoms with Crippen LogP contribution in [0, 0.1) is 0 Å². The summed E-state index contributed by atoms with van der Waals surface area (Å²) in [4.78, 5) is 26.0. The van der Waals surface area contributed by atoms with E-state index >= 15 is 0 Å². The Bertz CT molecular complexity index is 993. The van der Waals surface area contributed by atoms with Crippen molar-refractivity contribution in [2.24, 2.45) is 7.05 Å². The maximum absolute atomic E-state index is 12.8. The number of rotatable bonds is 5. The lowest BCUT2D eigenvalue weighted by atomic mass is 10.0. The molecule has 0 aliphatic heterocycles. The molecule has 0 unspecified atom stereocenters. The van der Waals surface area contributed by atoms with Gasteiger partial charge in [0.25, 0.3) is 5.91 Å². The number of aryl methyl sites for hydroxylation is 1. The molecular weight excluding hydrogens is 340 g/mol. The number of nitrogens with one attached hydrogen (secondary N) is 1. The van der Waals surface area contributed by atoms with Crippen LogP contribution in [0.25, 0.3) is 22.0 Å². The van der Waals surface area contributed by atoms with Gasteiger partial charge in [0.2, 0.25) is 5.91 Å². The zero-order chi connectivity index (χ0) is 19.6. The van der Waals surface area contributed by atoms with Gasteiger partial charge >= 0.3 is 0 Å². The van der Waals surface area contributed by atoms with Crippen LogP contribution in [0.3, 0.4) is 0 Å². The monoisotopic (exact) mass is 364 g/mol. The average Bonchev–Trinajstić information content (AvgIpc) is 3.07. The van der Waals surface area contributed by atoms with E-state index in [2.05, 4.69) is 16.5 Å². The standard InChI is InChI=1S/C21H24N4O2/c1-14(10-20(26)22-2)24(3)21(27)17-7-5-6-15(11-17)16-8-9-19-18(12-16)13-23-25(19)4/h5-9,11-14H,10H2,1-4H3,(H,22,26)/t14-/m1/s1. The number of fused-ring (bicyclic) bond motifs is 1. The van der Waals surface area contributed by atoms with Crippen LogP contribution in [0.4, 0.5) is 0 Å². The lowest BCUT2D eigenvalue weighted by Gasteiger charge is -2.24. The summed E-state index contributed by atoms with van der Waals surface area (Å²) < 4.78 is 1.84. The number of hydrogen-bond acceptors (Lipinski definition) is 3. The molecule has 1 aromatic heterocycles. The molecule has 0 aliphatic rings. The minimum atomic E-state index is -0.187. The molecule has 0 saturated carbocycles. The van der Waals surface area contributed by atoms with Gasteiger partial charge in [0.05, 0.1) is 11.7 Å². The zero-order valence-electron chi connectivity index (χ0n) is 16.1. The van der Waals surface area contributed by atoms with Crippen LogP contribution in [-0.4, -0.2) is 46.6 Å². The van der Waals surface area contributed by atoms with Crippen molar-refractivity contribution in [3.05, 3.63) is 54.2 Å². The molecule has 3 rings (SSSR count). The Kier molecular flexibility index (Phi) is 5.26. The van der Waals surface area contributed by atoms with E-state index in [1.54, 1.807) is 25.1 Å². The summed E-state index contributed by atoms with van der Waals surface area (Å²) in [5, 5.41) is 7.92. The van der Waals surface area contributed by atoms with Gasteiger partial charge in [-0.2, -0.15) is 5.10 Å². The van der Waals surface area contributed by atoms with Crippen molar-refractivity contribution >= 4 is 22.7 Å². The first-order valence-corrected chi connectivity index (χ1v) is 8.90. The van der Waals surface area contributed by atoms with E-state index < -0.39 is 0 Å².